The number of likely N-dealkylation sites (N-methyl/N-ethyl adjacent to an activating group) is 1. The largest absolute Gasteiger partial charge is 0.342 e. The molecule has 1 aliphatic heterocycles. The molecular weight excluding hydrogens is 310 g/mol. The van der Waals surface area contributed by atoms with Gasteiger partial charge >= 0.3 is 0 Å². The summed E-state index contributed by atoms with van der Waals surface area (Å²) in [6, 6.07) is 14.6. The number of hydrogen-bond donors (Lipinski definition) is 0. The van der Waals surface area contributed by atoms with Crippen LogP contribution in [0.5, 0.6) is 0 Å². The van der Waals surface area contributed by atoms with E-state index in [-0.39, 0.29) is 5.92 Å². The van der Waals surface area contributed by atoms with Crippen molar-refractivity contribution in [3.63, 3.8) is 0 Å². The van der Waals surface area contributed by atoms with Gasteiger partial charge in [-0.3, -0.25) is 14.7 Å². The Balaban J connectivity index is 1.51. The van der Waals surface area contributed by atoms with Crippen molar-refractivity contribution in [1.82, 2.24) is 14.8 Å². The highest BCUT2D eigenvalue weighted by atomic mass is 16.2. The van der Waals surface area contributed by atoms with Crippen molar-refractivity contribution >= 4 is 5.91 Å². The molecule has 2 heterocycles. The van der Waals surface area contributed by atoms with Gasteiger partial charge in [0.2, 0.25) is 5.91 Å². The molecule has 25 heavy (non-hydrogen) atoms. The van der Waals surface area contributed by atoms with Gasteiger partial charge in [-0.2, -0.15) is 0 Å². The number of nitrogens with zero attached hydrogens (tertiary/aromatic N) is 3. The van der Waals surface area contributed by atoms with Crippen molar-refractivity contribution in [2.24, 2.45) is 5.92 Å². The number of likely N-dealkylation sites (tertiary alicyclic amines) is 1. The van der Waals surface area contributed by atoms with Gasteiger partial charge in [0, 0.05) is 38.6 Å². The number of hydrogen-bond acceptors (Lipinski definition) is 3. The maximum absolute atomic E-state index is 12.9. The minimum Gasteiger partial charge on any atom is -0.342 e. The Labute approximate surface area is 150 Å². The zero-order valence-electron chi connectivity index (χ0n) is 15.0. The van der Waals surface area contributed by atoms with Crippen molar-refractivity contribution in [3.8, 4) is 0 Å². The summed E-state index contributed by atoms with van der Waals surface area (Å²) >= 11 is 0. The van der Waals surface area contributed by atoms with Gasteiger partial charge in [0.15, 0.2) is 0 Å². The Morgan fingerprint density at radius 3 is 2.64 bits per heavy atom. The van der Waals surface area contributed by atoms with Crippen LogP contribution in [0, 0.1) is 5.92 Å². The fraction of sp³-hybridized carbons (Fsp3) is 0.429. The van der Waals surface area contributed by atoms with E-state index in [9.17, 15) is 4.79 Å². The van der Waals surface area contributed by atoms with Crippen LogP contribution in [0.2, 0.25) is 0 Å². The summed E-state index contributed by atoms with van der Waals surface area (Å²) in [6.07, 6.45) is 5.48. The van der Waals surface area contributed by atoms with Crippen molar-refractivity contribution < 1.29 is 4.79 Å². The minimum atomic E-state index is 0.140. The first kappa shape index (κ1) is 17.6. The number of benzene rings is 1. The van der Waals surface area contributed by atoms with E-state index in [0.717, 1.165) is 45.6 Å². The van der Waals surface area contributed by atoms with E-state index in [1.54, 1.807) is 0 Å². The maximum atomic E-state index is 12.9. The smallest absolute Gasteiger partial charge is 0.227 e. The summed E-state index contributed by atoms with van der Waals surface area (Å²) < 4.78 is 0. The van der Waals surface area contributed by atoms with Crippen LogP contribution in [0.4, 0.5) is 0 Å². The first-order valence-electron chi connectivity index (χ1n) is 9.20. The molecule has 1 fully saturated rings. The standard InChI is InChI=1S/C21H27N3O/c1-2-24(15-10-18-8-12-22-13-9-18)21(25)20-11-14-23(17-20)16-19-6-4-3-5-7-19/h3-9,12-13,20H,2,10-11,14-17H2,1H3. The van der Waals surface area contributed by atoms with Crippen molar-refractivity contribution in [3.05, 3.63) is 66.0 Å². The summed E-state index contributed by atoms with van der Waals surface area (Å²) in [5.41, 5.74) is 2.55. The molecule has 132 valence electrons. The first-order valence-corrected chi connectivity index (χ1v) is 9.20. The fourth-order valence-electron chi connectivity index (χ4n) is 3.52. The molecule has 1 unspecified atom stereocenters. The molecule has 1 aromatic heterocycles. The number of amides is 1. The highest BCUT2D eigenvalue weighted by Gasteiger charge is 2.30. The quantitative estimate of drug-likeness (QED) is 0.779. The van der Waals surface area contributed by atoms with Crippen LogP contribution in [0.15, 0.2) is 54.9 Å². The molecule has 1 atom stereocenters. The summed E-state index contributed by atoms with van der Waals surface area (Å²) in [5, 5.41) is 0. The normalized spacial score (nSPS) is 17.6. The van der Waals surface area contributed by atoms with E-state index in [2.05, 4.69) is 41.1 Å². The lowest BCUT2D eigenvalue weighted by Gasteiger charge is -2.24. The third-order valence-electron chi connectivity index (χ3n) is 4.98. The van der Waals surface area contributed by atoms with Crippen LogP contribution in [0.1, 0.15) is 24.5 Å². The third-order valence-corrected chi connectivity index (χ3v) is 4.98. The second-order valence-electron chi connectivity index (χ2n) is 6.73. The number of aromatic nitrogens is 1. The molecule has 0 aliphatic carbocycles. The summed E-state index contributed by atoms with van der Waals surface area (Å²) in [6.45, 7) is 6.45. The van der Waals surface area contributed by atoms with Crippen molar-refractivity contribution in [2.75, 3.05) is 26.2 Å². The molecule has 1 aliphatic rings. The molecule has 0 spiro atoms. The summed E-state index contributed by atoms with van der Waals surface area (Å²) in [4.78, 5) is 21.3. The van der Waals surface area contributed by atoms with Gasteiger partial charge in [-0.1, -0.05) is 30.3 Å². The van der Waals surface area contributed by atoms with E-state index in [1.807, 2.05) is 35.5 Å². The molecule has 0 saturated carbocycles. The number of rotatable bonds is 7. The molecule has 1 saturated heterocycles. The predicted molar refractivity (Wildman–Crippen MR) is 100 cm³/mol. The Kier molecular flexibility index (Phi) is 6.18. The molecule has 0 radical (unpaired) electrons. The van der Waals surface area contributed by atoms with Gasteiger partial charge in [-0.05, 0) is 49.6 Å². The van der Waals surface area contributed by atoms with E-state index in [1.165, 1.54) is 11.1 Å². The zero-order valence-corrected chi connectivity index (χ0v) is 15.0. The van der Waals surface area contributed by atoms with Crippen LogP contribution in [-0.2, 0) is 17.8 Å². The molecule has 0 bridgehead atoms. The van der Waals surface area contributed by atoms with Crippen molar-refractivity contribution in [2.45, 2.75) is 26.3 Å². The van der Waals surface area contributed by atoms with E-state index in [0.29, 0.717) is 5.91 Å². The predicted octanol–water partition coefficient (Wildman–Crippen LogP) is 2.99. The third kappa shape index (κ3) is 4.89. The van der Waals surface area contributed by atoms with Gasteiger partial charge in [0.05, 0.1) is 5.92 Å². The molecule has 0 N–H and O–H groups in total. The Bertz CT molecular complexity index is 659. The van der Waals surface area contributed by atoms with Gasteiger partial charge in [0.1, 0.15) is 0 Å². The second kappa shape index (κ2) is 8.77. The van der Waals surface area contributed by atoms with E-state index >= 15 is 0 Å². The van der Waals surface area contributed by atoms with Gasteiger partial charge in [-0.25, -0.2) is 0 Å². The van der Waals surface area contributed by atoms with Crippen LogP contribution in [0.3, 0.4) is 0 Å². The highest BCUT2D eigenvalue weighted by molar-refractivity contribution is 5.79. The van der Waals surface area contributed by atoms with Crippen molar-refractivity contribution in [1.29, 1.82) is 0 Å². The molecule has 1 amide bonds. The minimum absolute atomic E-state index is 0.140. The highest BCUT2D eigenvalue weighted by Crippen LogP contribution is 2.21. The number of carbonyl (C=O) groups is 1. The molecular formula is C21H27N3O. The Hall–Kier alpha value is -2.20. The van der Waals surface area contributed by atoms with Gasteiger partial charge < -0.3 is 4.90 Å². The lowest BCUT2D eigenvalue weighted by molar-refractivity contribution is -0.134. The summed E-state index contributed by atoms with van der Waals surface area (Å²) in [5.74, 6) is 0.452. The molecule has 2 aromatic rings. The topological polar surface area (TPSA) is 36.4 Å². The average molecular weight is 337 g/mol. The average Bonchev–Trinajstić information content (AvgIpc) is 3.12. The lowest BCUT2D eigenvalue weighted by atomic mass is 10.1. The number of pyridine rings is 1. The van der Waals surface area contributed by atoms with E-state index < -0.39 is 0 Å². The van der Waals surface area contributed by atoms with Crippen LogP contribution in [0.25, 0.3) is 0 Å². The number of carbonyl (C=O) groups excluding carboxylic acids is 1. The van der Waals surface area contributed by atoms with E-state index in [4.69, 9.17) is 0 Å². The van der Waals surface area contributed by atoms with Gasteiger partial charge in [-0.15, -0.1) is 0 Å². The molecule has 4 heteroatoms. The molecule has 4 nitrogen and oxygen atoms in total. The Morgan fingerprint density at radius 1 is 1.16 bits per heavy atom. The van der Waals surface area contributed by atoms with Crippen LogP contribution >= 0.6 is 0 Å². The zero-order chi connectivity index (χ0) is 17.5. The van der Waals surface area contributed by atoms with Crippen LogP contribution in [-0.4, -0.2) is 46.9 Å². The monoisotopic (exact) mass is 337 g/mol. The second-order valence-corrected chi connectivity index (χ2v) is 6.73. The first-order chi connectivity index (χ1) is 12.3. The van der Waals surface area contributed by atoms with Gasteiger partial charge in [0.25, 0.3) is 0 Å². The molecule has 3 rings (SSSR count). The SMILES string of the molecule is CCN(CCc1ccncc1)C(=O)C1CCN(Cc2ccccc2)C1. The summed E-state index contributed by atoms with van der Waals surface area (Å²) in [7, 11) is 0. The molecule has 1 aromatic carbocycles. The maximum Gasteiger partial charge on any atom is 0.227 e. The Morgan fingerprint density at radius 2 is 1.92 bits per heavy atom. The lowest BCUT2D eigenvalue weighted by Crippen LogP contribution is -2.38. The van der Waals surface area contributed by atoms with Crippen LogP contribution < -0.4 is 0 Å². The fourth-order valence-corrected chi connectivity index (χ4v) is 3.52.